The van der Waals surface area contributed by atoms with Crippen LogP contribution in [-0.4, -0.2) is 11.3 Å². The summed E-state index contributed by atoms with van der Waals surface area (Å²) in [7, 11) is 0. The zero-order valence-electron chi connectivity index (χ0n) is 47.7. The molecule has 0 bridgehead atoms. The van der Waals surface area contributed by atoms with Crippen molar-refractivity contribution in [2.45, 2.75) is 105 Å². The number of unbranched alkanes of at least 4 members (excludes halogenated alkanes) is 4. The molecule has 0 unspecified atom stereocenters. The van der Waals surface area contributed by atoms with E-state index in [0.717, 1.165) is 78.3 Å². The molecule has 0 saturated carbocycles. The van der Waals surface area contributed by atoms with Crippen LogP contribution in [0.25, 0.3) is 44.1 Å². The summed E-state index contributed by atoms with van der Waals surface area (Å²) in [5.41, 5.74) is 26.0. The van der Waals surface area contributed by atoms with Gasteiger partial charge in [-0.15, -0.1) is 0 Å². The Kier molecular flexibility index (Phi) is 14.7. The van der Waals surface area contributed by atoms with Gasteiger partial charge < -0.3 is 19.2 Å². The number of hydrogen-bond acceptors (Lipinski definition) is 3. The van der Waals surface area contributed by atoms with Crippen molar-refractivity contribution in [3.63, 3.8) is 0 Å². The first-order chi connectivity index (χ1) is 40.0. The third-order valence-corrected chi connectivity index (χ3v) is 17.2. The minimum atomic E-state index is -0.129. The maximum Gasteiger partial charge on any atom is 0.333 e. The monoisotopic (exact) mass is 1050 g/mol. The van der Waals surface area contributed by atoms with E-state index in [1.54, 1.807) is 0 Å². The summed E-state index contributed by atoms with van der Waals surface area (Å²) in [6.45, 7) is 9.04. The number of hydrogen-bond donors (Lipinski definition) is 0. The van der Waals surface area contributed by atoms with Gasteiger partial charge in [0, 0.05) is 78.4 Å². The molecule has 13 rings (SSSR count). The van der Waals surface area contributed by atoms with Gasteiger partial charge >= 0.3 is 6.85 Å². The lowest BCUT2D eigenvalue weighted by Crippen LogP contribution is -2.56. The van der Waals surface area contributed by atoms with E-state index < -0.39 is 0 Å². The maximum atomic E-state index is 2.73. The zero-order chi connectivity index (χ0) is 54.8. The Morgan fingerprint density at radius 2 is 0.852 bits per heavy atom. The van der Waals surface area contributed by atoms with Crippen LogP contribution in [0.2, 0.25) is 0 Å². The van der Waals surface area contributed by atoms with E-state index in [-0.39, 0.29) is 6.85 Å². The molecule has 0 N–H and O–H groups in total. The van der Waals surface area contributed by atoms with Crippen LogP contribution in [0.4, 0.5) is 51.2 Å². The quantitative estimate of drug-likeness (QED) is 0.0707. The zero-order valence-corrected chi connectivity index (χ0v) is 47.7. The van der Waals surface area contributed by atoms with Crippen LogP contribution in [0.15, 0.2) is 224 Å². The lowest BCUT2D eigenvalue weighted by atomic mass is 9.45. The Morgan fingerprint density at radius 1 is 0.346 bits per heavy atom. The SMILES string of the molecule is CCCCc1ccc(N(c2ccc(CCCC)cc2)c2cc3c4c(c2)N(c2ccc(CCCC)cc2-c2ccccc2)c2cc(N(c5ccccc5)c5ccccc5)ccc2B4n2c4ccc(CCCC)cc4c4cccc-3c42)cc1. The average molecular weight is 1050 g/mol. The van der Waals surface area contributed by atoms with Crippen molar-refractivity contribution in [1.29, 1.82) is 0 Å². The third-order valence-electron chi connectivity index (χ3n) is 17.2. The summed E-state index contributed by atoms with van der Waals surface area (Å²) in [6, 6.07) is 86.0. The Labute approximate surface area is 481 Å². The molecule has 0 atom stereocenters. The topological polar surface area (TPSA) is 14.7 Å². The molecule has 5 heteroatoms. The second kappa shape index (κ2) is 22.9. The van der Waals surface area contributed by atoms with Crippen LogP contribution in [0, 0.1) is 0 Å². The molecule has 2 aliphatic rings. The largest absolute Gasteiger partial charge is 0.375 e. The average Bonchev–Trinajstić information content (AvgIpc) is 4.04. The van der Waals surface area contributed by atoms with Gasteiger partial charge in [-0.1, -0.05) is 181 Å². The second-order valence-electron chi connectivity index (χ2n) is 22.6. The Bertz CT molecular complexity index is 3910. The first kappa shape index (κ1) is 51.9. The fourth-order valence-electron chi connectivity index (χ4n) is 13.1. The Balaban J connectivity index is 1.15. The molecular formula is C76H73BN4. The number of para-hydroxylation sites is 3. The highest BCUT2D eigenvalue weighted by molar-refractivity contribution is 6.90. The third kappa shape index (κ3) is 9.71. The molecule has 2 aliphatic heterocycles. The summed E-state index contributed by atoms with van der Waals surface area (Å²) < 4.78 is 2.73. The molecule has 11 aromatic rings. The minimum Gasteiger partial charge on any atom is -0.375 e. The van der Waals surface area contributed by atoms with Gasteiger partial charge in [-0.05, 0) is 193 Å². The predicted molar refractivity (Wildman–Crippen MR) is 349 cm³/mol. The Hall–Kier alpha value is -8.54. The summed E-state index contributed by atoms with van der Waals surface area (Å²) in [5, 5.41) is 2.64. The van der Waals surface area contributed by atoms with Crippen molar-refractivity contribution in [2.24, 2.45) is 0 Å². The van der Waals surface area contributed by atoms with Crippen LogP contribution >= 0.6 is 0 Å². The van der Waals surface area contributed by atoms with Gasteiger partial charge in [0.2, 0.25) is 0 Å². The Morgan fingerprint density at radius 3 is 1.46 bits per heavy atom. The van der Waals surface area contributed by atoms with E-state index in [9.17, 15) is 0 Å². The fraction of sp³-hybridized carbons (Fsp3) is 0.211. The standard InChI is InChI=1S/C76H73BN4/c1-5-9-23-54-35-41-61(42-36-54)79(62-43-37-55(38-44-62)24-10-6-2)64-51-69-66-34-22-33-65-68-50-57(26-12-8-4)40-48-72(68)81(76(65)66)77-70-46-45-63(78(59-29-18-14-19-30-59)60-31-20-15-21-32-60)52-73(70)80(74(53-64)75(69)77)71-47-39-56(25-11-7-3)49-67(71)58-27-16-13-17-28-58/h13-22,27-53H,5-12,23-26H2,1-4H3. The number of fused-ring (bicyclic) bond motifs is 7. The van der Waals surface area contributed by atoms with Crippen LogP contribution < -0.4 is 25.6 Å². The van der Waals surface area contributed by atoms with E-state index in [0.29, 0.717) is 0 Å². The minimum absolute atomic E-state index is 0.129. The molecule has 81 heavy (non-hydrogen) atoms. The van der Waals surface area contributed by atoms with Crippen LogP contribution in [0.1, 0.15) is 101 Å². The number of rotatable bonds is 20. The van der Waals surface area contributed by atoms with E-state index in [1.807, 2.05) is 0 Å². The molecule has 0 fully saturated rings. The fourth-order valence-corrected chi connectivity index (χ4v) is 13.1. The van der Waals surface area contributed by atoms with E-state index >= 15 is 0 Å². The van der Waals surface area contributed by atoms with Gasteiger partial charge in [0.1, 0.15) is 0 Å². The highest BCUT2D eigenvalue weighted by atomic mass is 15.2. The smallest absolute Gasteiger partial charge is 0.333 e. The summed E-state index contributed by atoms with van der Waals surface area (Å²) in [4.78, 5) is 7.62. The van der Waals surface area contributed by atoms with E-state index in [4.69, 9.17) is 0 Å². The maximum absolute atomic E-state index is 2.73. The van der Waals surface area contributed by atoms with Crippen LogP contribution in [0.5, 0.6) is 0 Å². The van der Waals surface area contributed by atoms with Crippen molar-refractivity contribution >= 4 is 90.8 Å². The van der Waals surface area contributed by atoms with Crippen molar-refractivity contribution in [1.82, 2.24) is 4.48 Å². The van der Waals surface area contributed by atoms with Gasteiger partial charge in [-0.25, -0.2) is 0 Å². The molecule has 1 aromatic heterocycles. The molecule has 0 spiro atoms. The van der Waals surface area contributed by atoms with Crippen molar-refractivity contribution < 1.29 is 0 Å². The van der Waals surface area contributed by atoms with Crippen molar-refractivity contribution in [3.05, 3.63) is 247 Å². The summed E-state index contributed by atoms with van der Waals surface area (Å²) in [6.07, 6.45) is 13.6. The van der Waals surface area contributed by atoms with Crippen LogP contribution in [-0.2, 0) is 25.7 Å². The van der Waals surface area contributed by atoms with E-state index in [1.165, 1.54) is 127 Å². The van der Waals surface area contributed by atoms with Crippen molar-refractivity contribution in [3.8, 4) is 22.3 Å². The van der Waals surface area contributed by atoms with E-state index in [2.05, 4.69) is 271 Å². The number of benzene rings is 10. The van der Waals surface area contributed by atoms with Gasteiger partial charge in [-0.3, -0.25) is 0 Å². The highest BCUT2D eigenvalue weighted by Gasteiger charge is 2.44. The van der Waals surface area contributed by atoms with Gasteiger partial charge in [0.15, 0.2) is 0 Å². The summed E-state index contributed by atoms with van der Waals surface area (Å²) >= 11 is 0. The lowest BCUT2D eigenvalue weighted by molar-refractivity contribution is 0.795. The second-order valence-corrected chi connectivity index (χ2v) is 22.6. The number of nitrogens with zero attached hydrogens (tertiary/aromatic N) is 4. The van der Waals surface area contributed by atoms with Crippen molar-refractivity contribution in [2.75, 3.05) is 14.7 Å². The molecule has 0 aliphatic carbocycles. The van der Waals surface area contributed by atoms with Gasteiger partial charge in [-0.2, -0.15) is 0 Å². The first-order valence-corrected chi connectivity index (χ1v) is 30.3. The molecule has 400 valence electrons. The normalized spacial score (nSPS) is 12.2. The van der Waals surface area contributed by atoms with Gasteiger partial charge in [0.25, 0.3) is 0 Å². The molecule has 10 aromatic carbocycles. The molecular weight excluding hydrogens is 980 g/mol. The predicted octanol–water partition coefficient (Wildman–Crippen LogP) is 20.2. The summed E-state index contributed by atoms with van der Waals surface area (Å²) in [5.74, 6) is 0. The first-order valence-electron chi connectivity index (χ1n) is 30.3. The van der Waals surface area contributed by atoms with Crippen LogP contribution in [0.3, 0.4) is 0 Å². The molecule has 0 saturated heterocycles. The molecule has 0 amide bonds. The number of aryl methyl sites for hydroxylation is 4. The molecule has 4 nitrogen and oxygen atoms in total. The lowest BCUT2D eigenvalue weighted by Gasteiger charge is -2.42. The molecule has 0 radical (unpaired) electrons. The van der Waals surface area contributed by atoms with Gasteiger partial charge in [0.05, 0.1) is 5.69 Å². The molecule has 3 heterocycles. The highest BCUT2D eigenvalue weighted by Crippen LogP contribution is 2.51. The number of anilines is 9. The number of aromatic nitrogens is 1.